The average Bonchev–Trinajstić information content (AvgIpc) is 2.80. The van der Waals surface area contributed by atoms with Crippen LogP contribution < -0.4 is 16.6 Å². The minimum atomic E-state index is -0.154. The predicted octanol–water partition coefficient (Wildman–Crippen LogP) is 4.06. The molecule has 4 heteroatoms. The standard InChI is InChI=1S/C18H32ClN3/c1-5-8-9-18-11-12(4)14(7-3)13(6-2)10-15(19)16(18)17(20)21-22-18/h10-11,13-14,16-17,21-22H,5-9,20H2,1-4H3. The third-order valence-corrected chi connectivity index (χ3v) is 5.86. The van der Waals surface area contributed by atoms with Gasteiger partial charge in [0.05, 0.1) is 11.7 Å². The van der Waals surface area contributed by atoms with Crippen LogP contribution >= 0.6 is 11.6 Å². The van der Waals surface area contributed by atoms with Crippen molar-refractivity contribution in [2.75, 3.05) is 0 Å². The first kappa shape index (κ1) is 18.0. The van der Waals surface area contributed by atoms with Crippen LogP contribution in [-0.4, -0.2) is 11.7 Å². The number of halogens is 1. The summed E-state index contributed by atoms with van der Waals surface area (Å²) in [5.41, 5.74) is 14.4. The summed E-state index contributed by atoms with van der Waals surface area (Å²) in [6.45, 7) is 9.03. The van der Waals surface area contributed by atoms with E-state index in [4.69, 9.17) is 17.3 Å². The Kier molecular flexibility index (Phi) is 6.12. The summed E-state index contributed by atoms with van der Waals surface area (Å²) in [6.07, 6.45) is 10.2. The van der Waals surface area contributed by atoms with E-state index in [0.717, 1.165) is 24.3 Å². The van der Waals surface area contributed by atoms with Gasteiger partial charge in [-0.25, -0.2) is 10.9 Å². The first-order valence-corrected chi connectivity index (χ1v) is 9.21. The monoisotopic (exact) mass is 325 g/mol. The number of unbranched alkanes of at least 4 members (excludes halogenated alkanes) is 1. The molecule has 1 aliphatic carbocycles. The molecule has 126 valence electrons. The van der Waals surface area contributed by atoms with Crippen LogP contribution in [0.4, 0.5) is 0 Å². The van der Waals surface area contributed by atoms with E-state index in [1.54, 1.807) is 0 Å². The minimum absolute atomic E-state index is 0.113. The molecule has 2 aliphatic rings. The third kappa shape index (κ3) is 3.28. The van der Waals surface area contributed by atoms with Crippen molar-refractivity contribution in [1.82, 2.24) is 10.9 Å². The lowest BCUT2D eigenvalue weighted by Crippen LogP contribution is -2.47. The molecule has 4 N–H and O–H groups in total. The molecule has 22 heavy (non-hydrogen) atoms. The van der Waals surface area contributed by atoms with Gasteiger partial charge in [-0.1, -0.05) is 62.9 Å². The summed E-state index contributed by atoms with van der Waals surface area (Å²) in [5.74, 6) is 1.19. The Morgan fingerprint density at radius 1 is 1.27 bits per heavy atom. The van der Waals surface area contributed by atoms with Crippen molar-refractivity contribution in [3.63, 3.8) is 0 Å². The fraction of sp³-hybridized carbons (Fsp3) is 0.778. The van der Waals surface area contributed by atoms with E-state index >= 15 is 0 Å². The van der Waals surface area contributed by atoms with Crippen LogP contribution in [0, 0.1) is 17.8 Å². The zero-order valence-electron chi connectivity index (χ0n) is 14.5. The normalized spacial score (nSPS) is 38.8. The SMILES string of the molecule is CCCCC12C=C(C)C(CC)C(CC)C=C(Cl)C1C(N)NN2. The molecular formula is C18H32ClN3. The highest BCUT2D eigenvalue weighted by molar-refractivity contribution is 6.30. The number of fused-ring (bicyclic) bond motifs is 1. The lowest BCUT2D eigenvalue weighted by atomic mass is 9.72. The molecule has 3 nitrogen and oxygen atoms in total. The fourth-order valence-corrected chi connectivity index (χ4v) is 4.80. The van der Waals surface area contributed by atoms with Crippen molar-refractivity contribution < 1.29 is 0 Å². The second kappa shape index (κ2) is 7.48. The molecule has 2 rings (SSSR count). The number of hydrazine groups is 1. The zero-order valence-corrected chi connectivity index (χ0v) is 15.2. The van der Waals surface area contributed by atoms with Crippen LogP contribution in [0.5, 0.6) is 0 Å². The Morgan fingerprint density at radius 3 is 2.59 bits per heavy atom. The van der Waals surface area contributed by atoms with Crippen molar-refractivity contribution in [3.05, 3.63) is 22.8 Å². The van der Waals surface area contributed by atoms with Gasteiger partial charge in [0.1, 0.15) is 0 Å². The second-order valence-electron chi connectivity index (χ2n) is 6.94. The molecular weight excluding hydrogens is 294 g/mol. The van der Waals surface area contributed by atoms with Gasteiger partial charge in [0.25, 0.3) is 0 Å². The number of nitrogens with one attached hydrogen (secondary N) is 2. The van der Waals surface area contributed by atoms with Crippen LogP contribution in [0.25, 0.3) is 0 Å². The second-order valence-corrected chi connectivity index (χ2v) is 7.38. The van der Waals surface area contributed by atoms with E-state index in [-0.39, 0.29) is 17.6 Å². The summed E-state index contributed by atoms with van der Waals surface area (Å²) < 4.78 is 0. The fourth-order valence-electron chi connectivity index (χ4n) is 4.30. The highest BCUT2D eigenvalue weighted by Crippen LogP contribution is 2.43. The van der Waals surface area contributed by atoms with Crippen LogP contribution in [0.2, 0.25) is 0 Å². The Hall–Kier alpha value is -0.350. The molecule has 5 unspecified atom stereocenters. The minimum Gasteiger partial charge on any atom is -0.314 e. The molecule has 0 aromatic rings. The van der Waals surface area contributed by atoms with Crippen LogP contribution in [0.3, 0.4) is 0 Å². The summed E-state index contributed by atoms with van der Waals surface area (Å²) >= 11 is 6.77. The number of hydrogen-bond donors (Lipinski definition) is 3. The van der Waals surface area contributed by atoms with Gasteiger partial charge >= 0.3 is 0 Å². The molecule has 0 spiro atoms. The topological polar surface area (TPSA) is 50.1 Å². The molecule has 1 fully saturated rings. The maximum absolute atomic E-state index is 6.77. The van der Waals surface area contributed by atoms with E-state index in [0.29, 0.717) is 11.8 Å². The van der Waals surface area contributed by atoms with Crippen molar-refractivity contribution in [2.45, 2.75) is 71.5 Å². The van der Waals surface area contributed by atoms with Gasteiger partial charge < -0.3 is 5.73 Å². The number of hydrogen-bond acceptors (Lipinski definition) is 3. The largest absolute Gasteiger partial charge is 0.314 e. The van der Waals surface area contributed by atoms with Crippen LogP contribution in [0.15, 0.2) is 22.8 Å². The Labute approximate surface area is 140 Å². The van der Waals surface area contributed by atoms with Crippen molar-refractivity contribution in [2.24, 2.45) is 23.5 Å². The molecule has 5 atom stereocenters. The van der Waals surface area contributed by atoms with E-state index in [1.165, 1.54) is 18.4 Å². The summed E-state index contributed by atoms with van der Waals surface area (Å²) in [6, 6.07) is 0. The molecule has 0 saturated carbocycles. The molecule has 1 heterocycles. The maximum atomic E-state index is 6.77. The van der Waals surface area contributed by atoms with E-state index in [1.807, 2.05) is 0 Å². The molecule has 0 radical (unpaired) electrons. The Bertz CT molecular complexity index is 446. The van der Waals surface area contributed by atoms with Crippen LogP contribution in [0.1, 0.15) is 59.8 Å². The van der Waals surface area contributed by atoms with Crippen molar-refractivity contribution in [1.29, 1.82) is 0 Å². The smallest absolute Gasteiger partial charge is 0.0779 e. The van der Waals surface area contributed by atoms with Gasteiger partial charge in [-0.15, -0.1) is 0 Å². The van der Waals surface area contributed by atoms with Gasteiger partial charge in [-0.2, -0.15) is 0 Å². The number of rotatable bonds is 5. The van der Waals surface area contributed by atoms with E-state index < -0.39 is 0 Å². The first-order valence-electron chi connectivity index (χ1n) is 8.83. The molecule has 0 bridgehead atoms. The third-order valence-electron chi connectivity index (χ3n) is 5.50. The molecule has 0 aromatic heterocycles. The van der Waals surface area contributed by atoms with Gasteiger partial charge in [0.2, 0.25) is 0 Å². The predicted molar refractivity (Wildman–Crippen MR) is 95.2 cm³/mol. The van der Waals surface area contributed by atoms with Gasteiger partial charge in [0, 0.05) is 11.0 Å². The summed E-state index contributed by atoms with van der Waals surface area (Å²) in [5, 5.41) is 0.926. The Morgan fingerprint density at radius 2 is 2.00 bits per heavy atom. The average molecular weight is 326 g/mol. The van der Waals surface area contributed by atoms with E-state index in [2.05, 4.69) is 50.7 Å². The summed E-state index contributed by atoms with van der Waals surface area (Å²) in [4.78, 5) is 0. The van der Waals surface area contributed by atoms with Crippen LogP contribution in [-0.2, 0) is 0 Å². The maximum Gasteiger partial charge on any atom is 0.0779 e. The van der Waals surface area contributed by atoms with Gasteiger partial charge in [-0.3, -0.25) is 0 Å². The molecule has 0 amide bonds. The summed E-state index contributed by atoms with van der Waals surface area (Å²) in [7, 11) is 0. The quantitative estimate of drug-likeness (QED) is 0.668. The lowest BCUT2D eigenvalue weighted by Gasteiger charge is -2.38. The van der Waals surface area contributed by atoms with Gasteiger partial charge in [0.15, 0.2) is 0 Å². The molecule has 1 aliphatic heterocycles. The van der Waals surface area contributed by atoms with Gasteiger partial charge in [-0.05, 0) is 38.0 Å². The molecule has 1 saturated heterocycles. The highest BCUT2D eigenvalue weighted by atomic mass is 35.5. The highest BCUT2D eigenvalue weighted by Gasteiger charge is 2.48. The van der Waals surface area contributed by atoms with Crippen molar-refractivity contribution >= 4 is 11.6 Å². The molecule has 0 aromatic carbocycles. The number of nitrogens with two attached hydrogens (primary N) is 1. The zero-order chi connectivity index (χ0) is 16.3. The van der Waals surface area contributed by atoms with E-state index in [9.17, 15) is 0 Å². The Balaban J connectivity index is 2.48. The lowest BCUT2D eigenvalue weighted by molar-refractivity contribution is 0.323. The first-order chi connectivity index (χ1) is 10.5. The number of allylic oxidation sites excluding steroid dienone is 2. The van der Waals surface area contributed by atoms with Crippen molar-refractivity contribution in [3.8, 4) is 0 Å².